The molecule has 0 bridgehead atoms. The van der Waals surface area contributed by atoms with Crippen LogP contribution in [0.1, 0.15) is 75.4 Å². The molecular weight excluding hydrogens is 766 g/mol. The Bertz CT molecular complexity index is 2060. The number of benzene rings is 2. The van der Waals surface area contributed by atoms with Crippen molar-refractivity contribution in [2.45, 2.75) is 80.1 Å². The average Bonchev–Trinajstić information content (AvgIpc) is 3.46. The van der Waals surface area contributed by atoms with Gasteiger partial charge in [-0.1, -0.05) is 84.1 Å². The Morgan fingerprint density at radius 2 is 1.43 bits per heavy atom. The molecule has 0 aliphatic rings. The van der Waals surface area contributed by atoms with Crippen molar-refractivity contribution >= 4 is 5.65 Å². The molecule has 0 N–H and O–H groups in total. The van der Waals surface area contributed by atoms with E-state index in [1.807, 2.05) is 60.3 Å². The molecule has 0 saturated carbocycles. The smallest absolute Gasteiger partial charge is 0.508 e. The molecule has 244 valence electrons. The van der Waals surface area contributed by atoms with Gasteiger partial charge in [0.15, 0.2) is 0 Å². The molecular formula is C39H41N5O2Pt. The van der Waals surface area contributed by atoms with Crippen molar-refractivity contribution in [3.05, 3.63) is 113 Å². The van der Waals surface area contributed by atoms with E-state index < -0.39 is 0 Å². The summed E-state index contributed by atoms with van der Waals surface area (Å²) in [6.45, 7) is 21.2. The summed E-state index contributed by atoms with van der Waals surface area (Å²) in [5.41, 5.74) is 9.60. The van der Waals surface area contributed by atoms with Gasteiger partial charge in [-0.15, -0.1) is 23.8 Å². The van der Waals surface area contributed by atoms with Crippen LogP contribution in [0.25, 0.3) is 22.5 Å². The normalized spacial score (nSPS) is 11.9. The van der Waals surface area contributed by atoms with Crippen molar-refractivity contribution in [1.82, 2.24) is 24.1 Å². The predicted molar refractivity (Wildman–Crippen MR) is 183 cm³/mol. The molecule has 7 nitrogen and oxygen atoms in total. The fourth-order valence-electron chi connectivity index (χ4n) is 5.57. The van der Waals surface area contributed by atoms with Crippen LogP contribution in [0, 0.1) is 39.8 Å². The van der Waals surface area contributed by atoms with Crippen LogP contribution in [-0.2, 0) is 31.9 Å². The van der Waals surface area contributed by atoms with Crippen molar-refractivity contribution < 1.29 is 30.5 Å². The molecule has 0 amide bonds. The first-order chi connectivity index (χ1) is 21.7. The molecule has 8 heteroatoms. The zero-order chi connectivity index (χ0) is 33.0. The number of aromatic nitrogens is 5. The molecule has 0 aliphatic carbocycles. The Morgan fingerprint density at radius 1 is 0.723 bits per heavy atom. The third-order valence-corrected chi connectivity index (χ3v) is 8.38. The zero-order valence-electron chi connectivity index (χ0n) is 28.7. The predicted octanol–water partition coefficient (Wildman–Crippen LogP) is 9.59. The minimum Gasteiger partial charge on any atom is -0.508 e. The van der Waals surface area contributed by atoms with Crippen molar-refractivity contribution in [2.24, 2.45) is 0 Å². The van der Waals surface area contributed by atoms with Gasteiger partial charge >= 0.3 is 21.1 Å². The monoisotopic (exact) mass is 806 g/mol. The molecule has 6 aromatic rings. The second-order valence-electron chi connectivity index (χ2n) is 14.0. The molecule has 6 rings (SSSR count). The van der Waals surface area contributed by atoms with Crippen LogP contribution in [0.15, 0.2) is 67.0 Å². The third kappa shape index (κ3) is 6.91. The van der Waals surface area contributed by atoms with Crippen molar-refractivity contribution in [2.75, 3.05) is 0 Å². The van der Waals surface area contributed by atoms with Crippen LogP contribution in [-0.4, -0.2) is 24.1 Å². The van der Waals surface area contributed by atoms with Gasteiger partial charge in [0, 0.05) is 46.4 Å². The molecule has 4 aromatic heterocycles. The van der Waals surface area contributed by atoms with Gasteiger partial charge in [-0.25, -0.2) is 4.98 Å². The maximum Gasteiger partial charge on any atom is 2.00 e. The minimum atomic E-state index is -0.149. The van der Waals surface area contributed by atoms with Gasteiger partial charge in [0.1, 0.15) is 0 Å². The fourth-order valence-corrected chi connectivity index (χ4v) is 5.57. The molecule has 2 aromatic carbocycles. The first-order valence-electron chi connectivity index (χ1n) is 15.6. The van der Waals surface area contributed by atoms with E-state index in [0.29, 0.717) is 28.8 Å². The van der Waals surface area contributed by atoms with Gasteiger partial charge in [0.25, 0.3) is 0 Å². The number of aryl methyl sites for hydroxylation is 3. The van der Waals surface area contributed by atoms with E-state index in [4.69, 9.17) is 19.6 Å². The van der Waals surface area contributed by atoms with E-state index in [2.05, 4.69) is 95.9 Å². The first kappa shape index (κ1) is 34.1. The molecule has 0 saturated heterocycles. The summed E-state index contributed by atoms with van der Waals surface area (Å²) >= 11 is 0. The summed E-state index contributed by atoms with van der Waals surface area (Å²) in [4.78, 5) is 9.26. The largest absolute Gasteiger partial charge is 2.00 e. The Kier molecular flexibility index (Phi) is 9.27. The second-order valence-corrected chi connectivity index (χ2v) is 14.0. The molecule has 0 fully saturated rings. The standard InChI is InChI=1S/C39H41N5O2.Pt/c1-24-26(3)43-23-33(22-34(37(43)41-24)46-35-20-29(16-17-40-35)38(5,6)7)45-32-19-30(39(8,9)10)18-31(21-32)44-27(4)36(25(2)42-44)28-14-12-11-13-15-28;/h11-20,23H,1-10H3;/q-2;+2. The molecule has 0 atom stereocenters. The summed E-state index contributed by atoms with van der Waals surface area (Å²) in [6, 6.07) is 25.3. The van der Waals surface area contributed by atoms with Gasteiger partial charge in [-0.2, -0.15) is 5.10 Å². The van der Waals surface area contributed by atoms with E-state index in [0.717, 1.165) is 50.7 Å². The zero-order valence-corrected chi connectivity index (χ0v) is 31.0. The number of rotatable bonds is 6. The van der Waals surface area contributed by atoms with Crippen LogP contribution < -0.4 is 9.47 Å². The molecule has 47 heavy (non-hydrogen) atoms. The average molecular weight is 807 g/mol. The second kappa shape index (κ2) is 12.8. The Morgan fingerprint density at radius 3 is 2.11 bits per heavy atom. The third-order valence-electron chi connectivity index (χ3n) is 8.38. The summed E-state index contributed by atoms with van der Waals surface area (Å²) in [6.07, 6.45) is 3.66. The molecule has 0 aliphatic heterocycles. The maximum atomic E-state index is 6.57. The van der Waals surface area contributed by atoms with Crippen molar-refractivity contribution in [3.8, 4) is 39.9 Å². The number of fused-ring (bicyclic) bond motifs is 1. The van der Waals surface area contributed by atoms with Crippen LogP contribution in [0.2, 0.25) is 0 Å². The van der Waals surface area contributed by atoms with Gasteiger partial charge in [-0.3, -0.25) is 9.67 Å². The number of nitrogens with zero attached hydrogens (tertiary/aromatic N) is 5. The molecule has 0 unspecified atom stereocenters. The molecule has 4 heterocycles. The number of pyridine rings is 2. The quantitative estimate of drug-likeness (QED) is 0.157. The van der Waals surface area contributed by atoms with Crippen LogP contribution in [0.3, 0.4) is 0 Å². The number of imidazole rings is 1. The molecule has 0 spiro atoms. The van der Waals surface area contributed by atoms with E-state index in [1.165, 1.54) is 0 Å². The SMILES string of the molecule is Cc1nn(-c2[c-]c(Oc3[c-]c(Oc4cc(C(C)(C)C)ccn4)c4nc(C)c(C)n4c3)cc(C(C)(C)C)c2)c(C)c1-c1ccccc1.[Pt+2]. The van der Waals surface area contributed by atoms with Gasteiger partial charge in [0.05, 0.1) is 17.1 Å². The fraction of sp³-hybridized carbons (Fsp3) is 0.308. The maximum absolute atomic E-state index is 6.57. The Labute approximate surface area is 292 Å². The van der Waals surface area contributed by atoms with Gasteiger partial charge in [0.2, 0.25) is 5.88 Å². The van der Waals surface area contributed by atoms with Crippen molar-refractivity contribution in [1.29, 1.82) is 0 Å². The number of ether oxygens (including phenoxy) is 2. The Hall–Kier alpha value is -4.22. The van der Waals surface area contributed by atoms with Crippen molar-refractivity contribution in [3.63, 3.8) is 0 Å². The van der Waals surface area contributed by atoms with E-state index in [9.17, 15) is 0 Å². The van der Waals surface area contributed by atoms with E-state index in [1.54, 1.807) is 6.20 Å². The summed E-state index contributed by atoms with van der Waals surface area (Å²) < 4.78 is 16.9. The number of hydrogen-bond acceptors (Lipinski definition) is 5. The number of hydrogen-bond donors (Lipinski definition) is 0. The summed E-state index contributed by atoms with van der Waals surface area (Å²) in [5, 5.41) is 4.95. The van der Waals surface area contributed by atoms with Gasteiger partial charge < -0.3 is 13.9 Å². The van der Waals surface area contributed by atoms with Gasteiger partial charge in [-0.05, 0) is 61.4 Å². The van der Waals surface area contributed by atoms with E-state index in [-0.39, 0.29) is 31.9 Å². The summed E-state index contributed by atoms with van der Waals surface area (Å²) in [5.74, 6) is 1.94. The van der Waals surface area contributed by atoms with E-state index >= 15 is 0 Å². The van der Waals surface area contributed by atoms with Crippen LogP contribution >= 0.6 is 0 Å². The summed E-state index contributed by atoms with van der Waals surface area (Å²) in [7, 11) is 0. The first-order valence-corrected chi connectivity index (χ1v) is 15.6. The topological polar surface area (TPSA) is 66.5 Å². The van der Waals surface area contributed by atoms with Crippen LogP contribution in [0.4, 0.5) is 0 Å². The van der Waals surface area contributed by atoms with Crippen LogP contribution in [0.5, 0.6) is 23.1 Å². The Balaban J connectivity index is 0.00000433. The minimum absolute atomic E-state index is 0. The molecule has 0 radical (unpaired) electrons.